The summed E-state index contributed by atoms with van der Waals surface area (Å²) in [5.41, 5.74) is 4.84. The number of amides is 1. The maximum absolute atomic E-state index is 12.8. The monoisotopic (exact) mass is 336 g/mol. The molecular formula is C19H20N4O2. The van der Waals surface area contributed by atoms with Crippen molar-refractivity contribution in [3.05, 3.63) is 53.6 Å². The second-order valence-electron chi connectivity index (χ2n) is 6.71. The van der Waals surface area contributed by atoms with E-state index >= 15 is 0 Å². The van der Waals surface area contributed by atoms with Gasteiger partial charge in [0.05, 0.1) is 6.54 Å². The highest BCUT2D eigenvalue weighted by atomic mass is 16.6. The van der Waals surface area contributed by atoms with Crippen LogP contribution in [0.3, 0.4) is 0 Å². The topological polar surface area (TPSA) is 62.5 Å². The minimum Gasteiger partial charge on any atom is -0.308 e. The third kappa shape index (κ3) is 3.00. The van der Waals surface area contributed by atoms with Crippen LogP contribution in [0.25, 0.3) is 11.0 Å². The molecule has 2 heterocycles. The van der Waals surface area contributed by atoms with Crippen LogP contribution in [0.15, 0.2) is 47.1 Å². The molecule has 25 heavy (non-hydrogen) atoms. The fourth-order valence-electron chi connectivity index (χ4n) is 3.55. The van der Waals surface area contributed by atoms with Crippen LogP contribution in [-0.2, 0) is 17.8 Å². The van der Waals surface area contributed by atoms with Gasteiger partial charge in [0.15, 0.2) is 0 Å². The SMILES string of the molecule is CC1Cc2ccccc2N1C(=O)CN(C)Cc1ccc2nonc2c1. The molecule has 3 aromatic rings. The maximum Gasteiger partial charge on any atom is 0.241 e. The van der Waals surface area contributed by atoms with Gasteiger partial charge in [-0.3, -0.25) is 9.69 Å². The van der Waals surface area contributed by atoms with E-state index in [-0.39, 0.29) is 11.9 Å². The van der Waals surface area contributed by atoms with Gasteiger partial charge in [-0.15, -0.1) is 0 Å². The highest BCUT2D eigenvalue weighted by molar-refractivity contribution is 5.97. The summed E-state index contributed by atoms with van der Waals surface area (Å²) in [6.07, 6.45) is 0.918. The quantitative estimate of drug-likeness (QED) is 0.733. The molecule has 1 aromatic heterocycles. The van der Waals surface area contributed by atoms with Crippen molar-refractivity contribution in [3.63, 3.8) is 0 Å². The standard InChI is InChI=1S/C19H20N4O2/c1-13-9-15-5-3-4-6-18(15)23(13)19(24)12-22(2)11-14-7-8-16-17(10-14)21-25-20-16/h3-8,10,13H,9,11-12H2,1-2H3. The van der Waals surface area contributed by atoms with Gasteiger partial charge in [-0.1, -0.05) is 24.3 Å². The Kier molecular flexibility index (Phi) is 3.97. The lowest BCUT2D eigenvalue weighted by molar-refractivity contribution is -0.119. The van der Waals surface area contributed by atoms with E-state index in [1.807, 2.05) is 53.2 Å². The van der Waals surface area contributed by atoms with Gasteiger partial charge in [-0.05, 0) is 60.0 Å². The van der Waals surface area contributed by atoms with Crippen LogP contribution >= 0.6 is 0 Å². The molecule has 0 fully saturated rings. The number of likely N-dealkylation sites (N-methyl/N-ethyl adjacent to an activating group) is 1. The summed E-state index contributed by atoms with van der Waals surface area (Å²) in [5, 5.41) is 7.67. The molecule has 0 bridgehead atoms. The van der Waals surface area contributed by atoms with Crippen LogP contribution in [0, 0.1) is 0 Å². The molecule has 128 valence electrons. The van der Waals surface area contributed by atoms with Gasteiger partial charge in [-0.25, -0.2) is 4.63 Å². The molecule has 1 aliphatic rings. The summed E-state index contributed by atoms with van der Waals surface area (Å²) >= 11 is 0. The molecule has 0 saturated carbocycles. The predicted molar refractivity (Wildman–Crippen MR) is 95.2 cm³/mol. The second kappa shape index (κ2) is 6.29. The third-order valence-electron chi connectivity index (χ3n) is 4.65. The molecule has 6 nitrogen and oxygen atoms in total. The number of hydrogen-bond acceptors (Lipinski definition) is 5. The average molecular weight is 336 g/mol. The number of para-hydroxylation sites is 1. The largest absolute Gasteiger partial charge is 0.308 e. The summed E-state index contributed by atoms with van der Waals surface area (Å²) in [7, 11) is 1.95. The predicted octanol–water partition coefficient (Wildman–Crippen LogP) is 2.63. The van der Waals surface area contributed by atoms with Crippen LogP contribution in [0.4, 0.5) is 5.69 Å². The molecule has 0 spiro atoms. The molecule has 0 aliphatic carbocycles. The van der Waals surface area contributed by atoms with Gasteiger partial charge >= 0.3 is 0 Å². The van der Waals surface area contributed by atoms with E-state index in [1.165, 1.54) is 5.56 Å². The number of aromatic nitrogens is 2. The zero-order chi connectivity index (χ0) is 17.4. The molecule has 1 unspecified atom stereocenters. The number of rotatable bonds is 4. The van der Waals surface area contributed by atoms with Crippen molar-refractivity contribution in [3.8, 4) is 0 Å². The lowest BCUT2D eigenvalue weighted by Crippen LogP contribution is -2.41. The van der Waals surface area contributed by atoms with E-state index in [0.717, 1.165) is 28.7 Å². The number of benzene rings is 2. The van der Waals surface area contributed by atoms with Gasteiger partial charge in [-0.2, -0.15) is 0 Å². The van der Waals surface area contributed by atoms with Crippen molar-refractivity contribution < 1.29 is 9.42 Å². The van der Waals surface area contributed by atoms with Crippen molar-refractivity contribution in [2.45, 2.75) is 25.9 Å². The zero-order valence-electron chi connectivity index (χ0n) is 14.3. The number of hydrogen-bond donors (Lipinski definition) is 0. The van der Waals surface area contributed by atoms with Crippen molar-refractivity contribution >= 4 is 22.6 Å². The van der Waals surface area contributed by atoms with E-state index < -0.39 is 0 Å². The smallest absolute Gasteiger partial charge is 0.241 e. The van der Waals surface area contributed by atoms with E-state index in [2.05, 4.69) is 23.3 Å². The summed E-state index contributed by atoms with van der Waals surface area (Å²) in [5.74, 6) is 0.129. The molecule has 1 aliphatic heterocycles. The molecule has 2 aromatic carbocycles. The Labute approximate surface area is 146 Å². The van der Waals surface area contributed by atoms with Crippen LogP contribution in [0.5, 0.6) is 0 Å². The summed E-state index contributed by atoms with van der Waals surface area (Å²) in [4.78, 5) is 16.8. The van der Waals surface area contributed by atoms with E-state index in [9.17, 15) is 4.79 Å². The average Bonchev–Trinajstić information content (AvgIpc) is 3.16. The van der Waals surface area contributed by atoms with Crippen molar-refractivity contribution in [1.82, 2.24) is 15.2 Å². The van der Waals surface area contributed by atoms with Crippen LogP contribution in [0.2, 0.25) is 0 Å². The summed E-state index contributed by atoms with van der Waals surface area (Å²) < 4.78 is 4.73. The maximum atomic E-state index is 12.8. The minimum absolute atomic E-state index is 0.129. The van der Waals surface area contributed by atoms with Crippen LogP contribution in [-0.4, -0.2) is 40.8 Å². The molecule has 6 heteroatoms. The van der Waals surface area contributed by atoms with E-state index in [0.29, 0.717) is 13.1 Å². The number of carbonyl (C=O) groups excluding carboxylic acids is 1. The Morgan fingerprint density at radius 1 is 1.24 bits per heavy atom. The Morgan fingerprint density at radius 2 is 2.04 bits per heavy atom. The van der Waals surface area contributed by atoms with E-state index in [1.54, 1.807) is 0 Å². The molecule has 0 radical (unpaired) electrons. The fourth-order valence-corrected chi connectivity index (χ4v) is 3.55. The summed E-state index contributed by atoms with van der Waals surface area (Å²) in [6, 6.07) is 14.2. The molecule has 4 rings (SSSR count). The van der Waals surface area contributed by atoms with Gasteiger partial charge < -0.3 is 4.90 Å². The Hall–Kier alpha value is -2.73. The fraction of sp³-hybridized carbons (Fsp3) is 0.316. The first-order valence-corrected chi connectivity index (χ1v) is 8.41. The lowest BCUT2D eigenvalue weighted by Gasteiger charge is -2.25. The first kappa shape index (κ1) is 15.8. The van der Waals surface area contributed by atoms with Crippen molar-refractivity contribution in [1.29, 1.82) is 0 Å². The Balaban J connectivity index is 1.45. The molecule has 0 N–H and O–H groups in total. The Bertz CT molecular complexity index is 920. The van der Waals surface area contributed by atoms with Gasteiger partial charge in [0, 0.05) is 18.3 Å². The second-order valence-corrected chi connectivity index (χ2v) is 6.71. The van der Waals surface area contributed by atoms with Gasteiger partial charge in [0.1, 0.15) is 11.0 Å². The Morgan fingerprint density at radius 3 is 2.92 bits per heavy atom. The van der Waals surface area contributed by atoms with Gasteiger partial charge in [0.2, 0.25) is 5.91 Å². The first-order chi connectivity index (χ1) is 12.1. The number of anilines is 1. The van der Waals surface area contributed by atoms with E-state index in [4.69, 9.17) is 4.63 Å². The highest BCUT2D eigenvalue weighted by Gasteiger charge is 2.30. The van der Waals surface area contributed by atoms with Crippen molar-refractivity contribution in [2.75, 3.05) is 18.5 Å². The van der Waals surface area contributed by atoms with Crippen molar-refractivity contribution in [2.24, 2.45) is 0 Å². The molecule has 0 saturated heterocycles. The number of carbonyl (C=O) groups is 1. The lowest BCUT2D eigenvalue weighted by atomic mass is 10.1. The van der Waals surface area contributed by atoms with Gasteiger partial charge in [0.25, 0.3) is 0 Å². The zero-order valence-corrected chi connectivity index (χ0v) is 14.3. The molecule has 1 atom stereocenters. The van der Waals surface area contributed by atoms with Crippen LogP contribution < -0.4 is 4.90 Å². The highest BCUT2D eigenvalue weighted by Crippen LogP contribution is 2.31. The van der Waals surface area contributed by atoms with Crippen LogP contribution in [0.1, 0.15) is 18.1 Å². The normalized spacial score (nSPS) is 16.6. The molecule has 1 amide bonds. The summed E-state index contributed by atoms with van der Waals surface area (Å²) in [6.45, 7) is 3.13. The first-order valence-electron chi connectivity index (χ1n) is 8.41. The third-order valence-corrected chi connectivity index (χ3v) is 4.65. The molecular weight excluding hydrogens is 316 g/mol. The number of nitrogens with zero attached hydrogens (tertiary/aromatic N) is 4. The minimum atomic E-state index is 0.129. The number of fused-ring (bicyclic) bond motifs is 2.